The van der Waals surface area contributed by atoms with Crippen molar-refractivity contribution in [2.45, 2.75) is 13.5 Å². The van der Waals surface area contributed by atoms with E-state index in [1.54, 1.807) is 18.2 Å². The Morgan fingerprint density at radius 2 is 1.79 bits per heavy atom. The van der Waals surface area contributed by atoms with Crippen molar-refractivity contribution >= 4 is 11.6 Å². The zero-order valence-electron chi connectivity index (χ0n) is 15.8. The highest BCUT2D eigenvalue weighted by molar-refractivity contribution is 6.06. The predicted molar refractivity (Wildman–Crippen MR) is 110 cm³/mol. The first kappa shape index (κ1) is 18.4. The Hall–Kier alpha value is -3.93. The lowest BCUT2D eigenvalue weighted by atomic mass is 10.1. The van der Waals surface area contributed by atoms with Crippen molar-refractivity contribution in [3.63, 3.8) is 0 Å². The second kappa shape index (κ2) is 8.39. The number of benzene rings is 3. The number of rotatable bonds is 6. The monoisotopic (exact) mass is 385 g/mol. The minimum absolute atomic E-state index is 0.0641. The summed E-state index contributed by atoms with van der Waals surface area (Å²) < 4.78 is 11.1. The highest BCUT2D eigenvalue weighted by Crippen LogP contribution is 2.22. The van der Waals surface area contributed by atoms with Gasteiger partial charge in [0.05, 0.1) is 5.56 Å². The quantitative estimate of drug-likeness (QED) is 0.512. The van der Waals surface area contributed by atoms with Gasteiger partial charge in [0.25, 0.3) is 11.8 Å². The van der Waals surface area contributed by atoms with Gasteiger partial charge in [-0.2, -0.15) is 4.98 Å². The number of carbonyl (C=O) groups is 1. The molecule has 144 valence electrons. The maximum Gasteiger partial charge on any atom is 0.264 e. The van der Waals surface area contributed by atoms with E-state index in [-0.39, 0.29) is 12.5 Å². The number of nitrogens with one attached hydrogen (secondary N) is 1. The summed E-state index contributed by atoms with van der Waals surface area (Å²) in [5, 5.41) is 6.87. The lowest BCUT2D eigenvalue weighted by molar-refractivity contribution is 0.102. The predicted octanol–water partition coefficient (Wildman–Crippen LogP) is 4.88. The van der Waals surface area contributed by atoms with Crippen molar-refractivity contribution < 1.29 is 14.1 Å². The van der Waals surface area contributed by atoms with Crippen LogP contribution in [-0.4, -0.2) is 16.0 Å². The van der Waals surface area contributed by atoms with Crippen LogP contribution in [0.1, 0.15) is 21.8 Å². The molecule has 0 unspecified atom stereocenters. The highest BCUT2D eigenvalue weighted by atomic mass is 16.5. The third kappa shape index (κ3) is 4.50. The van der Waals surface area contributed by atoms with Crippen LogP contribution in [0.5, 0.6) is 5.75 Å². The number of hydrogen-bond acceptors (Lipinski definition) is 5. The second-order valence-corrected chi connectivity index (χ2v) is 6.49. The summed E-state index contributed by atoms with van der Waals surface area (Å²) in [6.45, 7) is 2.04. The molecule has 0 bridgehead atoms. The molecule has 0 aliphatic rings. The molecule has 29 heavy (non-hydrogen) atoms. The van der Waals surface area contributed by atoms with Gasteiger partial charge in [0.1, 0.15) is 5.75 Å². The number of ether oxygens (including phenoxy) is 1. The number of hydrogen-bond donors (Lipinski definition) is 1. The van der Waals surface area contributed by atoms with Crippen molar-refractivity contribution in [2.24, 2.45) is 0 Å². The maximum absolute atomic E-state index is 12.7. The van der Waals surface area contributed by atoms with Gasteiger partial charge in [-0.3, -0.25) is 4.79 Å². The molecule has 4 rings (SSSR count). The van der Waals surface area contributed by atoms with Crippen LogP contribution in [0, 0.1) is 6.92 Å². The lowest BCUT2D eigenvalue weighted by Gasteiger charge is -2.11. The number of aryl methyl sites for hydroxylation is 1. The third-order valence-electron chi connectivity index (χ3n) is 4.26. The van der Waals surface area contributed by atoms with E-state index < -0.39 is 0 Å². The molecule has 0 saturated heterocycles. The van der Waals surface area contributed by atoms with Crippen molar-refractivity contribution in [3.05, 3.63) is 95.9 Å². The molecule has 1 aromatic heterocycles. The molecule has 3 aromatic carbocycles. The van der Waals surface area contributed by atoms with Crippen LogP contribution in [0.4, 0.5) is 5.69 Å². The van der Waals surface area contributed by atoms with Crippen LogP contribution in [0.25, 0.3) is 11.4 Å². The van der Waals surface area contributed by atoms with Crippen LogP contribution in [-0.2, 0) is 6.61 Å². The number of para-hydroxylation sites is 1. The van der Waals surface area contributed by atoms with Gasteiger partial charge < -0.3 is 14.6 Å². The molecule has 1 N–H and O–H groups in total. The molecular weight excluding hydrogens is 366 g/mol. The molecule has 0 radical (unpaired) electrons. The second-order valence-electron chi connectivity index (χ2n) is 6.49. The van der Waals surface area contributed by atoms with Gasteiger partial charge in [0.15, 0.2) is 6.61 Å². The largest absolute Gasteiger partial charge is 0.483 e. The van der Waals surface area contributed by atoms with Crippen LogP contribution in [0.2, 0.25) is 0 Å². The van der Waals surface area contributed by atoms with Crippen LogP contribution in [0.15, 0.2) is 83.4 Å². The van der Waals surface area contributed by atoms with Crippen molar-refractivity contribution in [1.29, 1.82) is 0 Å². The van der Waals surface area contributed by atoms with Gasteiger partial charge in [0.2, 0.25) is 5.82 Å². The number of aromatic nitrogens is 2. The minimum Gasteiger partial charge on any atom is -0.483 e. The van der Waals surface area contributed by atoms with Crippen molar-refractivity contribution in [2.75, 3.05) is 5.32 Å². The molecule has 6 nitrogen and oxygen atoms in total. The van der Waals surface area contributed by atoms with Gasteiger partial charge in [-0.15, -0.1) is 0 Å². The molecule has 1 heterocycles. The molecule has 0 aliphatic carbocycles. The molecule has 4 aromatic rings. The third-order valence-corrected chi connectivity index (χ3v) is 4.26. The van der Waals surface area contributed by atoms with Crippen LogP contribution >= 0.6 is 0 Å². The number of amides is 1. The van der Waals surface area contributed by atoms with E-state index in [0.717, 1.165) is 16.8 Å². The van der Waals surface area contributed by atoms with E-state index in [2.05, 4.69) is 15.5 Å². The van der Waals surface area contributed by atoms with Gasteiger partial charge in [-0.1, -0.05) is 59.8 Å². The fourth-order valence-corrected chi connectivity index (χ4v) is 2.86. The molecular formula is C23H19N3O3. The molecule has 1 amide bonds. The first-order valence-corrected chi connectivity index (χ1v) is 9.17. The molecule has 0 atom stereocenters. The lowest BCUT2D eigenvalue weighted by Crippen LogP contribution is -2.13. The summed E-state index contributed by atoms with van der Waals surface area (Å²) >= 11 is 0. The molecule has 6 heteroatoms. The molecule has 0 saturated carbocycles. The average Bonchev–Trinajstić information content (AvgIpc) is 3.22. The van der Waals surface area contributed by atoms with Crippen molar-refractivity contribution in [3.8, 4) is 17.1 Å². The fraction of sp³-hybridized carbons (Fsp3) is 0.0870. The Bertz CT molecular complexity index is 1120. The van der Waals surface area contributed by atoms with E-state index >= 15 is 0 Å². The first-order chi connectivity index (χ1) is 14.2. The molecule has 0 spiro atoms. The van der Waals surface area contributed by atoms with Gasteiger partial charge >= 0.3 is 0 Å². The van der Waals surface area contributed by atoms with E-state index in [0.29, 0.717) is 23.0 Å². The van der Waals surface area contributed by atoms with E-state index in [1.165, 1.54) is 0 Å². The SMILES string of the molecule is Cc1cccc(NC(=O)c2ccccc2OCc2nc(-c3ccccc3)no2)c1. The summed E-state index contributed by atoms with van der Waals surface area (Å²) in [4.78, 5) is 17.0. The van der Waals surface area contributed by atoms with E-state index in [1.807, 2.05) is 67.6 Å². The summed E-state index contributed by atoms with van der Waals surface area (Å²) in [6, 6.07) is 24.2. The number of nitrogens with zero attached hydrogens (tertiary/aromatic N) is 2. The Kier molecular flexibility index (Phi) is 5.33. The van der Waals surface area contributed by atoms with E-state index in [9.17, 15) is 4.79 Å². The summed E-state index contributed by atoms with van der Waals surface area (Å²) in [5.74, 6) is 1.02. The number of anilines is 1. The van der Waals surface area contributed by atoms with Crippen LogP contribution in [0.3, 0.4) is 0 Å². The normalized spacial score (nSPS) is 10.5. The Labute approximate surface area is 168 Å². The Morgan fingerprint density at radius 3 is 2.62 bits per heavy atom. The zero-order chi connectivity index (χ0) is 20.1. The summed E-state index contributed by atoms with van der Waals surface area (Å²) in [7, 11) is 0. The average molecular weight is 385 g/mol. The summed E-state index contributed by atoms with van der Waals surface area (Å²) in [6.07, 6.45) is 0. The minimum atomic E-state index is -0.248. The first-order valence-electron chi connectivity index (χ1n) is 9.17. The van der Waals surface area contributed by atoms with Gasteiger partial charge in [-0.25, -0.2) is 0 Å². The zero-order valence-corrected chi connectivity index (χ0v) is 15.8. The fourth-order valence-electron chi connectivity index (χ4n) is 2.86. The van der Waals surface area contributed by atoms with E-state index in [4.69, 9.17) is 9.26 Å². The highest BCUT2D eigenvalue weighted by Gasteiger charge is 2.14. The van der Waals surface area contributed by atoms with Crippen LogP contribution < -0.4 is 10.1 Å². The molecule has 0 aliphatic heterocycles. The Balaban J connectivity index is 1.46. The summed E-state index contributed by atoms with van der Waals surface area (Å²) in [5.41, 5.74) is 3.09. The maximum atomic E-state index is 12.7. The number of carbonyl (C=O) groups excluding carboxylic acids is 1. The molecule has 0 fully saturated rings. The van der Waals surface area contributed by atoms with Crippen molar-refractivity contribution in [1.82, 2.24) is 10.1 Å². The smallest absolute Gasteiger partial charge is 0.264 e. The van der Waals surface area contributed by atoms with Gasteiger partial charge in [-0.05, 0) is 36.8 Å². The topological polar surface area (TPSA) is 77.2 Å². The Morgan fingerprint density at radius 1 is 1.00 bits per heavy atom. The standard InChI is InChI=1S/C23H19N3O3/c1-16-8-7-11-18(14-16)24-23(27)19-12-5-6-13-20(19)28-15-21-25-22(26-29-21)17-9-3-2-4-10-17/h2-14H,15H2,1H3,(H,24,27). The van der Waals surface area contributed by atoms with Gasteiger partial charge in [0, 0.05) is 11.3 Å².